The molecule has 0 bridgehead atoms. The minimum absolute atomic E-state index is 0.132. The van der Waals surface area contributed by atoms with Gasteiger partial charge in [-0.3, -0.25) is 5.84 Å². The number of nitrogens with one attached hydrogen (secondary N) is 1. The van der Waals surface area contributed by atoms with Gasteiger partial charge in [-0.15, -0.1) is 0 Å². The summed E-state index contributed by atoms with van der Waals surface area (Å²) < 4.78 is 5.68. The maximum absolute atomic E-state index is 5.68. The van der Waals surface area contributed by atoms with Gasteiger partial charge in [-0.05, 0) is 37.6 Å². The molecule has 2 rings (SSSR count). The van der Waals surface area contributed by atoms with Gasteiger partial charge in [-0.25, -0.2) is 15.4 Å². The Kier molecular flexibility index (Phi) is 4.43. The van der Waals surface area contributed by atoms with Crippen LogP contribution in [0.3, 0.4) is 0 Å². The summed E-state index contributed by atoms with van der Waals surface area (Å²) >= 11 is 0. The number of hydrogen-bond donors (Lipinski definition) is 2. The molecule has 1 heterocycles. The van der Waals surface area contributed by atoms with Crippen molar-refractivity contribution in [2.75, 3.05) is 0 Å². The Balaban J connectivity index is 2.28. The van der Waals surface area contributed by atoms with Crippen LogP contribution in [0.1, 0.15) is 31.3 Å². The Morgan fingerprint density at radius 1 is 1.16 bits per heavy atom. The topological polar surface area (TPSA) is 73.1 Å². The number of nitrogens with two attached hydrogens (primary N) is 1. The molecule has 1 unspecified atom stereocenters. The van der Waals surface area contributed by atoms with Crippen molar-refractivity contribution < 1.29 is 4.74 Å². The van der Waals surface area contributed by atoms with Crippen LogP contribution in [0.2, 0.25) is 0 Å². The van der Waals surface area contributed by atoms with Crippen molar-refractivity contribution in [3.63, 3.8) is 0 Å². The van der Waals surface area contributed by atoms with E-state index in [2.05, 4.69) is 15.4 Å². The van der Waals surface area contributed by atoms with E-state index in [0.717, 1.165) is 11.3 Å². The first kappa shape index (κ1) is 13.5. The van der Waals surface area contributed by atoms with Crippen LogP contribution < -0.4 is 16.0 Å². The third-order valence-corrected chi connectivity index (χ3v) is 2.57. The average molecular weight is 258 g/mol. The van der Waals surface area contributed by atoms with E-state index in [9.17, 15) is 0 Å². The molecule has 0 fully saturated rings. The smallest absolute Gasteiger partial charge is 0.150 e. The number of benzene rings is 1. The molecule has 0 spiro atoms. The second-order valence-corrected chi connectivity index (χ2v) is 4.45. The van der Waals surface area contributed by atoms with Crippen molar-refractivity contribution in [1.82, 2.24) is 15.4 Å². The van der Waals surface area contributed by atoms with Gasteiger partial charge in [0.05, 0.1) is 6.10 Å². The summed E-state index contributed by atoms with van der Waals surface area (Å²) in [6.45, 7) is 3.98. The van der Waals surface area contributed by atoms with Crippen molar-refractivity contribution in [3.05, 3.63) is 54.1 Å². The normalized spacial score (nSPS) is 12.4. The summed E-state index contributed by atoms with van der Waals surface area (Å²) in [5.74, 6) is 7.06. The first-order valence-corrected chi connectivity index (χ1v) is 6.20. The highest BCUT2D eigenvalue weighted by Gasteiger charge is 2.15. The lowest BCUT2D eigenvalue weighted by molar-refractivity contribution is 0.242. The maximum atomic E-state index is 5.68. The molecule has 0 aliphatic heterocycles. The molecule has 5 nitrogen and oxygen atoms in total. The number of aromatic nitrogens is 2. The molecule has 1 atom stereocenters. The van der Waals surface area contributed by atoms with Crippen molar-refractivity contribution >= 4 is 0 Å². The van der Waals surface area contributed by atoms with Gasteiger partial charge in [0, 0.05) is 12.4 Å². The minimum Gasteiger partial charge on any atom is -0.491 e. The zero-order valence-electron chi connectivity index (χ0n) is 11.1. The standard InChI is InChI=1S/C14H18N4O/c1-10(2)19-12-6-3-5-11(9-12)13(18-15)14-16-7-4-8-17-14/h3-10,13,18H,15H2,1-2H3. The Labute approximate surface area is 112 Å². The number of hydrogen-bond acceptors (Lipinski definition) is 5. The van der Waals surface area contributed by atoms with E-state index in [1.807, 2.05) is 38.1 Å². The van der Waals surface area contributed by atoms with Crippen LogP contribution in [0.25, 0.3) is 0 Å². The van der Waals surface area contributed by atoms with Gasteiger partial charge >= 0.3 is 0 Å². The lowest BCUT2D eigenvalue weighted by Crippen LogP contribution is -2.30. The van der Waals surface area contributed by atoms with E-state index >= 15 is 0 Å². The van der Waals surface area contributed by atoms with E-state index < -0.39 is 0 Å². The lowest BCUT2D eigenvalue weighted by Gasteiger charge is -2.16. The molecule has 0 saturated carbocycles. The first-order chi connectivity index (χ1) is 9.20. The summed E-state index contributed by atoms with van der Waals surface area (Å²) in [4.78, 5) is 8.44. The zero-order chi connectivity index (χ0) is 13.7. The van der Waals surface area contributed by atoms with E-state index in [0.29, 0.717) is 5.82 Å². The zero-order valence-corrected chi connectivity index (χ0v) is 11.1. The van der Waals surface area contributed by atoms with Crippen LogP contribution >= 0.6 is 0 Å². The summed E-state index contributed by atoms with van der Waals surface area (Å²) in [6.07, 6.45) is 3.52. The van der Waals surface area contributed by atoms with Gasteiger partial charge in [-0.2, -0.15) is 0 Å². The van der Waals surface area contributed by atoms with Gasteiger partial charge in [-0.1, -0.05) is 12.1 Å². The minimum atomic E-state index is -0.253. The van der Waals surface area contributed by atoms with Gasteiger partial charge in [0.1, 0.15) is 11.8 Å². The fourth-order valence-electron chi connectivity index (χ4n) is 1.82. The first-order valence-electron chi connectivity index (χ1n) is 6.20. The van der Waals surface area contributed by atoms with E-state index in [1.54, 1.807) is 18.5 Å². The second kappa shape index (κ2) is 6.26. The largest absolute Gasteiger partial charge is 0.491 e. The van der Waals surface area contributed by atoms with Crippen molar-refractivity contribution in [3.8, 4) is 5.75 Å². The highest BCUT2D eigenvalue weighted by atomic mass is 16.5. The van der Waals surface area contributed by atoms with Crippen molar-refractivity contribution in [1.29, 1.82) is 0 Å². The van der Waals surface area contributed by atoms with Gasteiger partial charge in [0.25, 0.3) is 0 Å². The SMILES string of the molecule is CC(C)Oc1cccc(C(NN)c2ncccn2)c1. The Morgan fingerprint density at radius 2 is 1.89 bits per heavy atom. The Bertz CT molecular complexity index is 516. The second-order valence-electron chi connectivity index (χ2n) is 4.45. The number of hydrazine groups is 1. The third-order valence-electron chi connectivity index (χ3n) is 2.57. The van der Waals surface area contributed by atoms with Crippen LogP contribution in [0, 0.1) is 0 Å². The van der Waals surface area contributed by atoms with Crippen LogP contribution in [0.4, 0.5) is 0 Å². The fourth-order valence-corrected chi connectivity index (χ4v) is 1.82. The summed E-state index contributed by atoms with van der Waals surface area (Å²) in [6, 6.07) is 9.28. The maximum Gasteiger partial charge on any atom is 0.150 e. The highest BCUT2D eigenvalue weighted by Crippen LogP contribution is 2.22. The number of rotatable bonds is 5. The summed E-state index contributed by atoms with van der Waals surface area (Å²) in [5.41, 5.74) is 3.70. The molecule has 0 radical (unpaired) electrons. The van der Waals surface area contributed by atoms with E-state index in [-0.39, 0.29) is 12.1 Å². The molecule has 0 aliphatic rings. The Hall–Kier alpha value is -1.98. The molecule has 19 heavy (non-hydrogen) atoms. The molecule has 0 amide bonds. The fraction of sp³-hybridized carbons (Fsp3) is 0.286. The van der Waals surface area contributed by atoms with Gasteiger partial charge in [0.2, 0.25) is 0 Å². The summed E-state index contributed by atoms with van der Waals surface area (Å²) in [5, 5.41) is 0. The van der Waals surface area contributed by atoms with E-state index in [1.165, 1.54) is 0 Å². The molecule has 5 heteroatoms. The van der Waals surface area contributed by atoms with Gasteiger partial charge in [0.15, 0.2) is 5.82 Å². The lowest BCUT2D eigenvalue weighted by atomic mass is 10.1. The van der Waals surface area contributed by atoms with Crippen molar-refractivity contribution in [2.24, 2.45) is 5.84 Å². The highest BCUT2D eigenvalue weighted by molar-refractivity contribution is 5.33. The van der Waals surface area contributed by atoms with Crippen LogP contribution in [0.5, 0.6) is 5.75 Å². The number of nitrogens with zero attached hydrogens (tertiary/aromatic N) is 2. The predicted octanol–water partition coefficient (Wildman–Crippen LogP) is 1.82. The molecule has 1 aromatic carbocycles. The van der Waals surface area contributed by atoms with Crippen molar-refractivity contribution in [2.45, 2.75) is 26.0 Å². The molecule has 3 N–H and O–H groups in total. The van der Waals surface area contributed by atoms with Gasteiger partial charge < -0.3 is 4.74 Å². The van der Waals surface area contributed by atoms with E-state index in [4.69, 9.17) is 10.6 Å². The molecule has 0 aliphatic carbocycles. The molecule has 100 valence electrons. The summed E-state index contributed by atoms with van der Waals surface area (Å²) in [7, 11) is 0. The number of ether oxygens (including phenoxy) is 1. The molecular formula is C14H18N4O. The molecular weight excluding hydrogens is 240 g/mol. The monoisotopic (exact) mass is 258 g/mol. The predicted molar refractivity (Wildman–Crippen MR) is 73.4 cm³/mol. The molecule has 2 aromatic rings. The molecule has 1 aromatic heterocycles. The van der Waals surface area contributed by atoms with Crippen LogP contribution in [0.15, 0.2) is 42.7 Å². The Morgan fingerprint density at radius 3 is 2.53 bits per heavy atom. The van der Waals surface area contributed by atoms with Crippen LogP contribution in [-0.4, -0.2) is 16.1 Å². The average Bonchev–Trinajstić information content (AvgIpc) is 2.40. The van der Waals surface area contributed by atoms with Crippen LogP contribution in [-0.2, 0) is 0 Å². The third kappa shape index (κ3) is 3.49. The quantitative estimate of drug-likeness (QED) is 0.632. The molecule has 0 saturated heterocycles.